The summed E-state index contributed by atoms with van der Waals surface area (Å²) < 4.78 is 25.3. The van der Waals surface area contributed by atoms with Crippen LogP contribution in [0.4, 0.5) is 0 Å². The molecule has 16 heavy (non-hydrogen) atoms. The molecule has 0 aromatic carbocycles. The first-order valence-corrected chi connectivity index (χ1v) is 7.46. The lowest BCUT2D eigenvalue weighted by atomic mass is 10.1. The first-order valence-electron chi connectivity index (χ1n) is 5.85. The van der Waals surface area contributed by atoms with Crippen LogP contribution >= 0.6 is 0 Å². The zero-order valence-corrected chi connectivity index (χ0v) is 10.1. The van der Waals surface area contributed by atoms with Gasteiger partial charge >= 0.3 is 0 Å². The van der Waals surface area contributed by atoms with E-state index in [1.165, 1.54) is 0 Å². The molecule has 1 atom stereocenters. The Bertz CT molecular complexity index is 360. The molecular weight excluding hydrogens is 228 g/mol. The predicted molar refractivity (Wildman–Crippen MR) is 60.3 cm³/mol. The summed E-state index contributed by atoms with van der Waals surface area (Å²) in [6.45, 7) is 1.99. The van der Waals surface area contributed by atoms with E-state index in [0.29, 0.717) is 26.1 Å². The average molecular weight is 246 g/mol. The van der Waals surface area contributed by atoms with Crippen molar-refractivity contribution < 1.29 is 13.2 Å². The fourth-order valence-electron chi connectivity index (χ4n) is 2.31. The molecule has 92 valence electrons. The van der Waals surface area contributed by atoms with Gasteiger partial charge in [-0.05, 0) is 25.7 Å². The summed E-state index contributed by atoms with van der Waals surface area (Å²) in [5.41, 5.74) is 0. The van der Waals surface area contributed by atoms with Crippen LogP contribution in [0.15, 0.2) is 0 Å². The Hall–Kier alpha value is -0.620. The normalized spacial score (nSPS) is 27.2. The highest BCUT2D eigenvalue weighted by molar-refractivity contribution is 7.89. The minimum Gasteiger partial charge on any atom is -0.356 e. The van der Waals surface area contributed by atoms with Crippen molar-refractivity contribution in [2.24, 2.45) is 5.92 Å². The van der Waals surface area contributed by atoms with Crippen LogP contribution in [0, 0.1) is 5.92 Å². The molecule has 2 aliphatic rings. The molecule has 2 aliphatic heterocycles. The van der Waals surface area contributed by atoms with E-state index in [1.807, 2.05) is 0 Å². The average Bonchev–Trinajstić information content (AvgIpc) is 2.85. The molecule has 1 amide bonds. The van der Waals surface area contributed by atoms with E-state index in [4.69, 9.17) is 0 Å². The Labute approximate surface area is 96.2 Å². The van der Waals surface area contributed by atoms with Crippen LogP contribution < -0.4 is 5.32 Å². The topological polar surface area (TPSA) is 66.5 Å². The Morgan fingerprint density at radius 2 is 2.00 bits per heavy atom. The first kappa shape index (κ1) is 11.9. The Kier molecular flexibility index (Phi) is 3.49. The summed E-state index contributed by atoms with van der Waals surface area (Å²) >= 11 is 0. The van der Waals surface area contributed by atoms with E-state index in [0.717, 1.165) is 19.3 Å². The molecule has 0 spiro atoms. The Balaban J connectivity index is 1.86. The van der Waals surface area contributed by atoms with Gasteiger partial charge in [-0.15, -0.1) is 0 Å². The summed E-state index contributed by atoms with van der Waals surface area (Å²) in [4.78, 5) is 11.3. The fourth-order valence-corrected chi connectivity index (χ4v) is 3.96. The maximum absolute atomic E-state index is 11.9. The number of carbonyl (C=O) groups excluding carboxylic acids is 1. The van der Waals surface area contributed by atoms with Gasteiger partial charge < -0.3 is 5.32 Å². The number of carbonyl (C=O) groups is 1. The lowest BCUT2D eigenvalue weighted by Gasteiger charge is -2.16. The summed E-state index contributed by atoms with van der Waals surface area (Å²) in [6, 6.07) is 0. The summed E-state index contributed by atoms with van der Waals surface area (Å²) in [6.07, 6.45) is 3.16. The minimum atomic E-state index is -3.12. The van der Waals surface area contributed by atoms with Gasteiger partial charge in [0, 0.05) is 25.6 Å². The molecular formula is C10H18N2O3S. The molecule has 1 unspecified atom stereocenters. The maximum atomic E-state index is 11.9. The van der Waals surface area contributed by atoms with Crippen LogP contribution in [-0.4, -0.2) is 44.0 Å². The molecule has 6 heteroatoms. The third-order valence-corrected chi connectivity index (χ3v) is 5.25. The third kappa shape index (κ3) is 2.55. The monoisotopic (exact) mass is 246 g/mol. The van der Waals surface area contributed by atoms with Crippen molar-refractivity contribution >= 4 is 15.9 Å². The molecule has 0 aromatic heterocycles. The smallest absolute Gasteiger partial charge is 0.223 e. The van der Waals surface area contributed by atoms with Crippen molar-refractivity contribution in [3.05, 3.63) is 0 Å². The van der Waals surface area contributed by atoms with Crippen LogP contribution in [0.1, 0.15) is 25.7 Å². The number of hydrogen-bond acceptors (Lipinski definition) is 3. The van der Waals surface area contributed by atoms with Crippen LogP contribution in [0.2, 0.25) is 0 Å². The molecule has 0 bridgehead atoms. The lowest BCUT2D eigenvalue weighted by Crippen LogP contribution is -2.31. The number of sulfonamides is 1. The van der Waals surface area contributed by atoms with Crippen LogP contribution in [0.3, 0.4) is 0 Å². The molecule has 0 aliphatic carbocycles. The predicted octanol–water partition coefficient (Wildman–Crippen LogP) is -0.0618. The van der Waals surface area contributed by atoms with Gasteiger partial charge in [0.15, 0.2) is 0 Å². The maximum Gasteiger partial charge on any atom is 0.223 e. The lowest BCUT2D eigenvalue weighted by molar-refractivity contribution is -0.122. The zero-order valence-electron chi connectivity index (χ0n) is 9.31. The molecule has 0 saturated carbocycles. The van der Waals surface area contributed by atoms with Crippen LogP contribution in [0.25, 0.3) is 0 Å². The first-order chi connectivity index (χ1) is 7.59. The highest BCUT2D eigenvalue weighted by Crippen LogP contribution is 2.18. The van der Waals surface area contributed by atoms with E-state index in [2.05, 4.69) is 5.32 Å². The quantitative estimate of drug-likeness (QED) is 0.755. The number of nitrogens with zero attached hydrogens (tertiary/aromatic N) is 1. The number of hydrogen-bond donors (Lipinski definition) is 1. The molecule has 1 N–H and O–H groups in total. The van der Waals surface area contributed by atoms with Gasteiger partial charge in [0.05, 0.1) is 5.75 Å². The second kappa shape index (κ2) is 4.71. The van der Waals surface area contributed by atoms with Crippen molar-refractivity contribution in [2.75, 3.05) is 25.4 Å². The van der Waals surface area contributed by atoms with Crippen molar-refractivity contribution in [3.8, 4) is 0 Å². The zero-order chi connectivity index (χ0) is 11.6. The molecule has 2 fully saturated rings. The molecule has 2 heterocycles. The SMILES string of the molecule is O=C1NCCC1CCS(=O)(=O)N1CCCC1. The molecule has 0 radical (unpaired) electrons. The van der Waals surface area contributed by atoms with Gasteiger partial charge in [0.1, 0.15) is 0 Å². The second-order valence-electron chi connectivity index (χ2n) is 4.49. The number of rotatable bonds is 4. The molecule has 0 aromatic rings. The fraction of sp³-hybridized carbons (Fsp3) is 0.900. The van der Waals surface area contributed by atoms with Crippen molar-refractivity contribution in [2.45, 2.75) is 25.7 Å². The van der Waals surface area contributed by atoms with E-state index in [-0.39, 0.29) is 17.6 Å². The van der Waals surface area contributed by atoms with Crippen LogP contribution in [-0.2, 0) is 14.8 Å². The third-order valence-electron chi connectivity index (χ3n) is 3.35. The minimum absolute atomic E-state index is 0.0108. The number of nitrogens with one attached hydrogen (secondary N) is 1. The summed E-state index contributed by atoms with van der Waals surface area (Å²) in [5, 5.41) is 2.73. The van der Waals surface area contributed by atoms with Gasteiger partial charge in [0.25, 0.3) is 0 Å². The van der Waals surface area contributed by atoms with Gasteiger partial charge in [-0.25, -0.2) is 12.7 Å². The standard InChI is InChI=1S/C10H18N2O3S/c13-10-9(3-5-11-10)4-8-16(14,15)12-6-1-2-7-12/h9H,1-8H2,(H,11,13). The molecule has 5 nitrogen and oxygen atoms in total. The van der Waals surface area contributed by atoms with Gasteiger partial charge in [-0.1, -0.05) is 0 Å². The van der Waals surface area contributed by atoms with E-state index >= 15 is 0 Å². The van der Waals surface area contributed by atoms with E-state index in [9.17, 15) is 13.2 Å². The van der Waals surface area contributed by atoms with Crippen molar-refractivity contribution in [1.82, 2.24) is 9.62 Å². The highest BCUT2D eigenvalue weighted by atomic mass is 32.2. The molecule has 2 rings (SSSR count). The van der Waals surface area contributed by atoms with Crippen molar-refractivity contribution in [1.29, 1.82) is 0 Å². The summed E-state index contributed by atoms with van der Waals surface area (Å²) in [5.74, 6) is 0.0273. The van der Waals surface area contributed by atoms with Crippen LogP contribution in [0.5, 0.6) is 0 Å². The van der Waals surface area contributed by atoms with E-state index < -0.39 is 10.0 Å². The largest absolute Gasteiger partial charge is 0.356 e. The van der Waals surface area contributed by atoms with E-state index in [1.54, 1.807) is 4.31 Å². The number of amides is 1. The molecule has 2 saturated heterocycles. The highest BCUT2D eigenvalue weighted by Gasteiger charge is 2.29. The Morgan fingerprint density at radius 3 is 2.56 bits per heavy atom. The van der Waals surface area contributed by atoms with Crippen molar-refractivity contribution in [3.63, 3.8) is 0 Å². The second-order valence-corrected chi connectivity index (χ2v) is 6.58. The Morgan fingerprint density at radius 1 is 1.31 bits per heavy atom. The van der Waals surface area contributed by atoms with Gasteiger partial charge in [0.2, 0.25) is 15.9 Å². The van der Waals surface area contributed by atoms with Gasteiger partial charge in [-0.2, -0.15) is 0 Å². The van der Waals surface area contributed by atoms with Gasteiger partial charge in [-0.3, -0.25) is 4.79 Å². The summed E-state index contributed by atoms with van der Waals surface area (Å²) in [7, 11) is -3.12.